The Kier molecular flexibility index (Phi) is 31.7. The minimum atomic E-state index is 0.864. The first-order chi connectivity index (χ1) is 25.3. The van der Waals surface area contributed by atoms with Crippen LogP contribution in [0.25, 0.3) is 0 Å². The summed E-state index contributed by atoms with van der Waals surface area (Å²) in [5.74, 6) is 1.12. The summed E-state index contributed by atoms with van der Waals surface area (Å²) in [6.45, 7) is 9.06. The molecule has 0 radical (unpaired) electrons. The lowest BCUT2D eigenvalue weighted by atomic mass is 10.0. The average Bonchev–Trinajstić information content (AvgIpc) is 3.65. The van der Waals surface area contributed by atoms with Gasteiger partial charge in [0.15, 0.2) is 0 Å². The van der Waals surface area contributed by atoms with Gasteiger partial charge >= 0.3 is 0 Å². The van der Waals surface area contributed by atoms with Gasteiger partial charge in [0.05, 0.1) is 6.61 Å². The Balaban J connectivity index is 1.50. The molecule has 1 aliphatic heterocycles. The first-order valence-corrected chi connectivity index (χ1v) is 23.1. The minimum absolute atomic E-state index is 0.864. The first-order valence-electron chi connectivity index (χ1n) is 23.1. The Hall–Kier alpha value is -1.54. The number of allylic oxidation sites excluding steroid dienone is 4. The highest BCUT2D eigenvalue weighted by Gasteiger charge is 2.13. The van der Waals surface area contributed by atoms with Crippen LogP contribution in [0.1, 0.15) is 230 Å². The highest BCUT2D eigenvalue weighted by atomic mass is 16.5. The normalized spacial score (nSPS) is 13.8. The molecule has 51 heavy (non-hydrogen) atoms. The number of ether oxygens (including phenoxy) is 1. The SMILES string of the molecule is CCCCCCCC/C=C\CCCCCCCCCCc1cc(CN2CCCC2)cc(OCCCCCCCC/C=C\CCCCCCCC)c1. The van der Waals surface area contributed by atoms with Gasteiger partial charge in [0, 0.05) is 6.54 Å². The topological polar surface area (TPSA) is 12.5 Å². The number of hydrogen-bond donors (Lipinski definition) is 0. The van der Waals surface area contributed by atoms with Crippen molar-refractivity contribution in [3.8, 4) is 5.75 Å². The Bertz CT molecular complexity index is 928. The van der Waals surface area contributed by atoms with Gasteiger partial charge in [-0.25, -0.2) is 0 Å². The summed E-state index contributed by atoms with van der Waals surface area (Å²) in [5.41, 5.74) is 2.95. The molecule has 0 amide bonds. The van der Waals surface area contributed by atoms with Crippen molar-refractivity contribution in [3.05, 3.63) is 53.6 Å². The van der Waals surface area contributed by atoms with Crippen molar-refractivity contribution in [1.29, 1.82) is 0 Å². The molecule has 0 spiro atoms. The molecular formula is C49H87NO. The average molecular weight is 706 g/mol. The number of nitrogens with zero attached hydrogens (tertiary/aromatic N) is 1. The fraction of sp³-hybridized carbons (Fsp3) is 0.796. The summed E-state index contributed by atoms with van der Waals surface area (Å²) in [4.78, 5) is 2.63. The molecule has 294 valence electrons. The number of unbranched alkanes of at least 4 members (excludes halogenated alkanes) is 26. The Morgan fingerprint density at radius 2 is 0.843 bits per heavy atom. The molecule has 2 rings (SSSR count). The molecule has 0 N–H and O–H groups in total. The van der Waals surface area contributed by atoms with E-state index < -0.39 is 0 Å². The highest BCUT2D eigenvalue weighted by molar-refractivity contribution is 5.35. The van der Waals surface area contributed by atoms with Crippen molar-refractivity contribution in [2.75, 3.05) is 19.7 Å². The largest absolute Gasteiger partial charge is 0.494 e. The van der Waals surface area contributed by atoms with Gasteiger partial charge in [0.2, 0.25) is 0 Å². The summed E-state index contributed by atoms with van der Waals surface area (Å²) >= 11 is 0. The zero-order chi connectivity index (χ0) is 36.1. The van der Waals surface area contributed by atoms with Crippen molar-refractivity contribution < 1.29 is 4.74 Å². The number of benzene rings is 1. The summed E-state index contributed by atoms with van der Waals surface area (Å²) in [5, 5.41) is 0. The predicted octanol–water partition coefficient (Wildman–Crippen LogP) is 16.1. The molecule has 1 aromatic rings. The maximum atomic E-state index is 6.38. The molecule has 0 unspecified atom stereocenters. The maximum absolute atomic E-state index is 6.38. The molecular weight excluding hydrogens is 619 g/mol. The molecule has 0 bridgehead atoms. The van der Waals surface area contributed by atoms with E-state index in [1.54, 1.807) is 0 Å². The summed E-state index contributed by atoms with van der Waals surface area (Å²) in [7, 11) is 0. The second-order valence-corrected chi connectivity index (χ2v) is 16.1. The molecule has 2 nitrogen and oxygen atoms in total. The number of aryl methyl sites for hydroxylation is 1. The molecule has 0 saturated carbocycles. The molecule has 1 heterocycles. The Morgan fingerprint density at radius 1 is 0.451 bits per heavy atom. The quantitative estimate of drug-likeness (QED) is 0.0505. The van der Waals surface area contributed by atoms with Gasteiger partial charge < -0.3 is 4.74 Å². The van der Waals surface area contributed by atoms with Crippen LogP contribution in [0.5, 0.6) is 5.75 Å². The number of hydrogen-bond acceptors (Lipinski definition) is 2. The summed E-state index contributed by atoms with van der Waals surface area (Å²) in [6.07, 6.45) is 54.7. The molecule has 0 aliphatic carbocycles. The third kappa shape index (κ3) is 28.6. The van der Waals surface area contributed by atoms with Crippen LogP contribution in [0.4, 0.5) is 0 Å². The van der Waals surface area contributed by atoms with Crippen LogP contribution < -0.4 is 4.74 Å². The van der Waals surface area contributed by atoms with Gasteiger partial charge in [-0.3, -0.25) is 4.90 Å². The second-order valence-electron chi connectivity index (χ2n) is 16.1. The molecule has 0 atom stereocenters. The molecule has 0 aromatic heterocycles. The van der Waals surface area contributed by atoms with E-state index >= 15 is 0 Å². The lowest BCUT2D eigenvalue weighted by molar-refractivity contribution is 0.301. The monoisotopic (exact) mass is 706 g/mol. The Labute approximate surface area is 320 Å². The van der Waals surface area contributed by atoms with E-state index in [0.717, 1.165) is 18.9 Å². The van der Waals surface area contributed by atoms with Crippen LogP contribution in [0.2, 0.25) is 0 Å². The van der Waals surface area contributed by atoms with Crippen molar-refractivity contribution in [3.63, 3.8) is 0 Å². The lowest BCUT2D eigenvalue weighted by Gasteiger charge is -2.17. The smallest absolute Gasteiger partial charge is 0.119 e. The second kappa shape index (κ2) is 35.5. The van der Waals surface area contributed by atoms with Crippen LogP contribution in [0.3, 0.4) is 0 Å². The van der Waals surface area contributed by atoms with E-state index in [9.17, 15) is 0 Å². The van der Waals surface area contributed by atoms with Crippen molar-refractivity contribution >= 4 is 0 Å². The van der Waals surface area contributed by atoms with Gasteiger partial charge in [-0.2, -0.15) is 0 Å². The zero-order valence-corrected chi connectivity index (χ0v) is 34.6. The fourth-order valence-corrected chi connectivity index (χ4v) is 7.72. The van der Waals surface area contributed by atoms with E-state index in [1.807, 2.05) is 0 Å². The van der Waals surface area contributed by atoms with Gasteiger partial charge in [-0.1, -0.05) is 173 Å². The van der Waals surface area contributed by atoms with Crippen molar-refractivity contribution in [2.45, 2.75) is 232 Å². The van der Waals surface area contributed by atoms with Crippen LogP contribution in [-0.2, 0) is 13.0 Å². The highest BCUT2D eigenvalue weighted by Crippen LogP contribution is 2.23. The van der Waals surface area contributed by atoms with E-state index in [-0.39, 0.29) is 0 Å². The summed E-state index contributed by atoms with van der Waals surface area (Å²) < 4.78 is 6.38. The third-order valence-corrected chi connectivity index (χ3v) is 11.0. The molecule has 1 fully saturated rings. The number of rotatable bonds is 37. The third-order valence-electron chi connectivity index (χ3n) is 11.0. The van der Waals surface area contributed by atoms with E-state index in [0.29, 0.717) is 0 Å². The molecule has 1 aromatic carbocycles. The molecule has 2 heteroatoms. The molecule has 1 aliphatic rings. The van der Waals surface area contributed by atoms with E-state index in [2.05, 4.69) is 61.3 Å². The first kappa shape index (κ1) is 45.6. The van der Waals surface area contributed by atoms with Crippen molar-refractivity contribution in [2.24, 2.45) is 0 Å². The lowest BCUT2D eigenvalue weighted by Crippen LogP contribution is -2.18. The van der Waals surface area contributed by atoms with Crippen LogP contribution >= 0.6 is 0 Å². The molecule has 1 saturated heterocycles. The van der Waals surface area contributed by atoms with Gasteiger partial charge in [-0.15, -0.1) is 0 Å². The predicted molar refractivity (Wildman–Crippen MR) is 228 cm³/mol. The standard InChI is InChI=1S/C49H87NO/c1-3-5-7-9-11-13-15-17-19-21-22-23-25-27-29-31-33-35-39-47-43-48(46-50-40-36-37-41-50)45-49(44-47)51-42-38-34-32-30-28-26-24-20-18-16-14-12-10-8-6-4-2/h17-20,43-45H,3-16,21-42,46H2,1-2H3/b19-17-,20-18-. The summed E-state index contributed by atoms with van der Waals surface area (Å²) in [6, 6.07) is 7.18. The Morgan fingerprint density at radius 3 is 1.31 bits per heavy atom. The van der Waals surface area contributed by atoms with Crippen molar-refractivity contribution in [1.82, 2.24) is 4.90 Å². The van der Waals surface area contributed by atoms with E-state index in [1.165, 1.54) is 236 Å². The van der Waals surface area contributed by atoms with Crippen LogP contribution in [0.15, 0.2) is 42.5 Å². The van der Waals surface area contributed by atoms with Gasteiger partial charge in [0.1, 0.15) is 5.75 Å². The van der Waals surface area contributed by atoms with Crippen LogP contribution in [-0.4, -0.2) is 24.6 Å². The van der Waals surface area contributed by atoms with Gasteiger partial charge in [-0.05, 0) is 120 Å². The fourth-order valence-electron chi connectivity index (χ4n) is 7.72. The maximum Gasteiger partial charge on any atom is 0.119 e. The minimum Gasteiger partial charge on any atom is -0.494 e. The van der Waals surface area contributed by atoms with E-state index in [4.69, 9.17) is 4.74 Å². The van der Waals surface area contributed by atoms with Crippen LogP contribution in [0, 0.1) is 0 Å². The zero-order valence-electron chi connectivity index (χ0n) is 34.6. The van der Waals surface area contributed by atoms with Gasteiger partial charge in [0.25, 0.3) is 0 Å². The number of likely N-dealkylation sites (tertiary alicyclic amines) is 1.